The van der Waals surface area contributed by atoms with Crippen LogP contribution in [-0.4, -0.2) is 12.0 Å². The van der Waals surface area contributed by atoms with Gasteiger partial charge in [0.25, 0.3) is 5.69 Å². The predicted octanol–water partition coefficient (Wildman–Crippen LogP) is 2.64. The lowest BCUT2D eigenvalue weighted by atomic mass is 10.1. The normalized spacial score (nSPS) is 9.57. The summed E-state index contributed by atoms with van der Waals surface area (Å²) in [5.41, 5.74) is 1.21. The van der Waals surface area contributed by atoms with E-state index in [4.69, 9.17) is 4.74 Å². The first-order valence-corrected chi connectivity index (χ1v) is 4.04. The van der Waals surface area contributed by atoms with Crippen LogP contribution < -0.4 is 4.74 Å². The molecule has 0 N–H and O–H groups in total. The lowest BCUT2D eigenvalue weighted by Crippen LogP contribution is -1.94. The molecule has 0 aromatic heterocycles. The molecule has 1 aromatic carbocycles. The average Bonchev–Trinajstić information content (AvgIpc) is 2.16. The first kappa shape index (κ1) is 10.2. The maximum Gasteiger partial charge on any atom is 0.277 e. The first-order valence-electron chi connectivity index (χ1n) is 4.04. The van der Waals surface area contributed by atoms with Crippen LogP contribution in [0.5, 0.6) is 5.75 Å². The molecule has 74 valence electrons. The van der Waals surface area contributed by atoms with Crippen molar-refractivity contribution < 1.29 is 9.66 Å². The Morgan fingerprint density at radius 3 is 2.64 bits per heavy atom. The van der Waals surface area contributed by atoms with Crippen molar-refractivity contribution in [2.75, 3.05) is 7.11 Å². The van der Waals surface area contributed by atoms with E-state index in [-0.39, 0.29) is 5.69 Å². The highest BCUT2D eigenvalue weighted by molar-refractivity contribution is 5.71. The van der Waals surface area contributed by atoms with Crippen molar-refractivity contribution in [1.29, 1.82) is 0 Å². The fourth-order valence-electron chi connectivity index (χ4n) is 1.14. The van der Waals surface area contributed by atoms with Gasteiger partial charge in [0.1, 0.15) is 5.75 Å². The van der Waals surface area contributed by atoms with E-state index in [9.17, 15) is 10.1 Å². The summed E-state index contributed by atoms with van der Waals surface area (Å²) in [6.07, 6.45) is 0. The largest absolute Gasteiger partial charge is 0.497 e. The van der Waals surface area contributed by atoms with Gasteiger partial charge < -0.3 is 4.74 Å². The molecule has 4 nitrogen and oxygen atoms in total. The molecular weight excluding hydrogens is 182 g/mol. The molecule has 0 bridgehead atoms. The SMILES string of the molecule is C=C(C)c1cc(OC)ccc1[N+](=O)[O-]. The molecular formula is C10H11NO3. The molecule has 0 spiro atoms. The number of methoxy groups -OCH3 is 1. The zero-order chi connectivity index (χ0) is 10.7. The van der Waals surface area contributed by atoms with Crippen LogP contribution in [0.4, 0.5) is 5.69 Å². The van der Waals surface area contributed by atoms with Gasteiger partial charge in [0, 0.05) is 6.07 Å². The van der Waals surface area contributed by atoms with Crippen molar-refractivity contribution in [1.82, 2.24) is 0 Å². The number of benzene rings is 1. The summed E-state index contributed by atoms with van der Waals surface area (Å²) in [6.45, 7) is 5.41. The van der Waals surface area contributed by atoms with Crippen LogP contribution in [0.25, 0.3) is 5.57 Å². The van der Waals surface area contributed by atoms with Gasteiger partial charge in [-0.25, -0.2) is 0 Å². The third-order valence-corrected chi connectivity index (χ3v) is 1.86. The second-order valence-electron chi connectivity index (χ2n) is 2.92. The van der Waals surface area contributed by atoms with Gasteiger partial charge in [0.2, 0.25) is 0 Å². The molecule has 0 aliphatic rings. The molecule has 1 rings (SSSR count). The molecule has 0 aliphatic carbocycles. The van der Waals surface area contributed by atoms with Crippen molar-refractivity contribution in [2.45, 2.75) is 6.92 Å². The molecule has 4 heteroatoms. The minimum atomic E-state index is -0.427. The summed E-state index contributed by atoms with van der Waals surface area (Å²) < 4.78 is 4.98. The second-order valence-corrected chi connectivity index (χ2v) is 2.92. The summed E-state index contributed by atoms with van der Waals surface area (Å²) in [6, 6.07) is 4.59. The van der Waals surface area contributed by atoms with Gasteiger partial charge in [0.05, 0.1) is 17.6 Å². The Kier molecular flexibility index (Phi) is 2.86. The van der Waals surface area contributed by atoms with Crippen LogP contribution in [0.2, 0.25) is 0 Å². The molecule has 0 heterocycles. The Morgan fingerprint density at radius 1 is 1.57 bits per heavy atom. The van der Waals surface area contributed by atoms with Crippen LogP contribution >= 0.6 is 0 Å². The molecule has 0 aliphatic heterocycles. The van der Waals surface area contributed by atoms with Gasteiger partial charge in [-0.2, -0.15) is 0 Å². The third kappa shape index (κ3) is 1.90. The lowest BCUT2D eigenvalue weighted by Gasteiger charge is -2.04. The summed E-state index contributed by atoms with van der Waals surface area (Å²) in [5.74, 6) is 0.591. The van der Waals surface area contributed by atoms with E-state index in [1.165, 1.54) is 13.2 Å². The number of rotatable bonds is 3. The lowest BCUT2D eigenvalue weighted by molar-refractivity contribution is -0.385. The third-order valence-electron chi connectivity index (χ3n) is 1.86. The summed E-state index contributed by atoms with van der Waals surface area (Å²) >= 11 is 0. The van der Waals surface area contributed by atoms with Gasteiger partial charge in [-0.05, 0) is 24.6 Å². The molecule has 14 heavy (non-hydrogen) atoms. The monoisotopic (exact) mass is 193 g/mol. The van der Waals surface area contributed by atoms with Crippen molar-refractivity contribution in [3.63, 3.8) is 0 Å². The number of nitrogens with zero attached hydrogens (tertiary/aromatic N) is 1. The number of nitro groups is 1. The van der Waals surface area contributed by atoms with Gasteiger partial charge in [0.15, 0.2) is 0 Å². The summed E-state index contributed by atoms with van der Waals surface area (Å²) in [5, 5.41) is 10.6. The first-order chi connectivity index (χ1) is 6.56. The van der Waals surface area contributed by atoms with Gasteiger partial charge >= 0.3 is 0 Å². The summed E-state index contributed by atoms with van der Waals surface area (Å²) in [4.78, 5) is 10.2. The van der Waals surface area contributed by atoms with Crippen molar-refractivity contribution in [2.24, 2.45) is 0 Å². The fraction of sp³-hybridized carbons (Fsp3) is 0.200. The van der Waals surface area contributed by atoms with E-state index in [1.807, 2.05) is 0 Å². The van der Waals surface area contributed by atoms with E-state index in [0.29, 0.717) is 16.9 Å². The van der Waals surface area contributed by atoms with Crippen LogP contribution in [0.15, 0.2) is 24.8 Å². The van der Waals surface area contributed by atoms with Crippen LogP contribution in [-0.2, 0) is 0 Å². The molecule has 0 atom stereocenters. The van der Waals surface area contributed by atoms with Crippen molar-refractivity contribution in [3.8, 4) is 5.75 Å². The van der Waals surface area contributed by atoms with Gasteiger partial charge in [-0.1, -0.05) is 6.58 Å². The van der Waals surface area contributed by atoms with Crippen LogP contribution in [0.3, 0.4) is 0 Å². The van der Waals surface area contributed by atoms with Crippen LogP contribution in [0.1, 0.15) is 12.5 Å². The number of ether oxygens (including phenoxy) is 1. The van der Waals surface area contributed by atoms with Crippen molar-refractivity contribution in [3.05, 3.63) is 40.5 Å². The number of hydrogen-bond donors (Lipinski definition) is 0. The van der Waals surface area contributed by atoms with E-state index >= 15 is 0 Å². The molecule has 0 radical (unpaired) electrons. The zero-order valence-corrected chi connectivity index (χ0v) is 8.11. The highest BCUT2D eigenvalue weighted by atomic mass is 16.6. The maximum atomic E-state index is 10.6. The molecule has 0 amide bonds. The molecule has 0 fully saturated rings. The Bertz CT molecular complexity index is 385. The van der Waals surface area contributed by atoms with Gasteiger partial charge in [-0.3, -0.25) is 10.1 Å². The Balaban J connectivity index is 3.31. The Labute approximate surface area is 82.0 Å². The number of allylic oxidation sites excluding steroid dienone is 1. The van der Waals surface area contributed by atoms with E-state index in [1.54, 1.807) is 19.1 Å². The zero-order valence-electron chi connectivity index (χ0n) is 8.11. The predicted molar refractivity (Wildman–Crippen MR) is 54.4 cm³/mol. The molecule has 0 saturated carbocycles. The number of nitro benzene ring substituents is 1. The summed E-state index contributed by atoms with van der Waals surface area (Å²) in [7, 11) is 1.52. The van der Waals surface area contributed by atoms with Gasteiger partial charge in [-0.15, -0.1) is 0 Å². The Morgan fingerprint density at radius 2 is 2.21 bits per heavy atom. The molecule has 0 unspecified atom stereocenters. The van der Waals surface area contributed by atoms with E-state index in [0.717, 1.165) is 0 Å². The molecule has 1 aromatic rings. The molecule has 0 saturated heterocycles. The Hall–Kier alpha value is -1.84. The quantitative estimate of drug-likeness (QED) is 0.547. The topological polar surface area (TPSA) is 52.4 Å². The van der Waals surface area contributed by atoms with E-state index in [2.05, 4.69) is 6.58 Å². The highest BCUT2D eigenvalue weighted by Gasteiger charge is 2.14. The van der Waals surface area contributed by atoms with Crippen molar-refractivity contribution >= 4 is 11.3 Å². The standard InChI is InChI=1S/C10H11NO3/c1-7(2)9-6-8(14-3)4-5-10(9)11(12)13/h4-6H,1H2,2-3H3. The smallest absolute Gasteiger partial charge is 0.277 e. The highest BCUT2D eigenvalue weighted by Crippen LogP contribution is 2.28. The average molecular weight is 193 g/mol. The maximum absolute atomic E-state index is 10.6. The van der Waals surface area contributed by atoms with E-state index < -0.39 is 4.92 Å². The fourth-order valence-corrected chi connectivity index (χ4v) is 1.14. The second kappa shape index (κ2) is 3.91. The minimum absolute atomic E-state index is 0.0540. The minimum Gasteiger partial charge on any atom is -0.497 e. The van der Waals surface area contributed by atoms with Crippen LogP contribution in [0, 0.1) is 10.1 Å². The number of hydrogen-bond acceptors (Lipinski definition) is 3.